The first-order valence-electron chi connectivity index (χ1n) is 5.35. The number of fused-ring (bicyclic) bond motifs is 1. The zero-order valence-electron chi connectivity index (χ0n) is 8.95. The molecule has 16 heavy (non-hydrogen) atoms. The predicted octanol–water partition coefficient (Wildman–Crippen LogP) is 1.60. The van der Waals surface area contributed by atoms with Crippen LogP contribution >= 0.6 is 0 Å². The van der Waals surface area contributed by atoms with E-state index in [0.29, 0.717) is 17.7 Å². The largest absolute Gasteiger partial charge is 0.426 e. The molecule has 1 aliphatic rings. The van der Waals surface area contributed by atoms with E-state index in [2.05, 4.69) is 0 Å². The van der Waals surface area contributed by atoms with Crippen molar-refractivity contribution in [3.8, 4) is 5.75 Å². The summed E-state index contributed by atoms with van der Waals surface area (Å²) in [4.78, 5) is 11.3. The highest BCUT2D eigenvalue weighted by Crippen LogP contribution is 2.25. The van der Waals surface area contributed by atoms with Crippen LogP contribution in [0.2, 0.25) is 0 Å². The van der Waals surface area contributed by atoms with Crippen molar-refractivity contribution in [2.75, 3.05) is 0 Å². The van der Waals surface area contributed by atoms with Crippen LogP contribution < -0.4 is 10.5 Å². The molecule has 0 saturated carbocycles. The van der Waals surface area contributed by atoms with E-state index in [9.17, 15) is 4.79 Å². The van der Waals surface area contributed by atoms with Crippen molar-refractivity contribution in [3.63, 3.8) is 0 Å². The van der Waals surface area contributed by atoms with Gasteiger partial charge < -0.3 is 10.5 Å². The van der Waals surface area contributed by atoms with Crippen LogP contribution in [0.1, 0.15) is 30.4 Å². The van der Waals surface area contributed by atoms with Gasteiger partial charge in [0, 0.05) is 12.0 Å². The summed E-state index contributed by atoms with van der Waals surface area (Å²) in [6, 6.07) is 5.25. The number of aryl methyl sites for hydroxylation is 1. The van der Waals surface area contributed by atoms with Crippen molar-refractivity contribution in [2.45, 2.75) is 25.7 Å². The van der Waals surface area contributed by atoms with Crippen molar-refractivity contribution >= 4 is 11.8 Å². The molecule has 4 nitrogen and oxygen atoms in total. The van der Waals surface area contributed by atoms with Crippen molar-refractivity contribution in [1.82, 2.24) is 0 Å². The first-order valence-corrected chi connectivity index (χ1v) is 5.35. The van der Waals surface area contributed by atoms with Gasteiger partial charge in [-0.25, -0.2) is 0 Å². The Kier molecular flexibility index (Phi) is 2.90. The summed E-state index contributed by atoms with van der Waals surface area (Å²) in [7, 11) is 0. The second-order valence-electron chi connectivity index (χ2n) is 3.92. The molecule has 1 aromatic rings. The summed E-state index contributed by atoms with van der Waals surface area (Å²) in [6.45, 7) is 0. The number of nitrogens with two attached hydrogens (primary N) is 1. The number of nitrogens with one attached hydrogen (secondary N) is 1. The number of hydrogen-bond acceptors (Lipinski definition) is 3. The highest BCUT2D eigenvalue weighted by atomic mass is 16.5. The fraction of sp³-hybridized carbons (Fsp3) is 0.333. The minimum Gasteiger partial charge on any atom is -0.426 e. The number of carbonyl (C=O) groups is 1. The Morgan fingerprint density at radius 2 is 2.06 bits per heavy atom. The van der Waals surface area contributed by atoms with Gasteiger partial charge in [-0.15, -0.1) is 0 Å². The van der Waals surface area contributed by atoms with Crippen LogP contribution in [0.5, 0.6) is 5.75 Å². The van der Waals surface area contributed by atoms with Crippen molar-refractivity contribution < 1.29 is 9.53 Å². The molecule has 1 aromatic carbocycles. The number of rotatable bonds is 1. The fourth-order valence-electron chi connectivity index (χ4n) is 1.80. The molecule has 1 heterocycles. The van der Waals surface area contributed by atoms with Crippen LogP contribution in [-0.2, 0) is 11.2 Å². The molecule has 0 amide bonds. The Balaban J connectivity index is 2.36. The molecular weight excluding hydrogens is 204 g/mol. The molecule has 0 aliphatic carbocycles. The van der Waals surface area contributed by atoms with Gasteiger partial charge in [-0.05, 0) is 43.0 Å². The average molecular weight is 218 g/mol. The van der Waals surface area contributed by atoms with Crippen LogP contribution in [0.15, 0.2) is 18.2 Å². The zero-order chi connectivity index (χ0) is 11.5. The maximum atomic E-state index is 11.3. The molecule has 2 rings (SSSR count). The molecule has 0 bridgehead atoms. The van der Waals surface area contributed by atoms with E-state index >= 15 is 0 Å². The van der Waals surface area contributed by atoms with Crippen LogP contribution in [0.4, 0.5) is 0 Å². The zero-order valence-corrected chi connectivity index (χ0v) is 8.95. The molecule has 0 radical (unpaired) electrons. The molecule has 84 valence electrons. The van der Waals surface area contributed by atoms with Gasteiger partial charge in [-0.3, -0.25) is 10.2 Å². The third kappa shape index (κ3) is 2.21. The minimum absolute atomic E-state index is 0.0381. The normalized spacial score (nSPS) is 15.6. The predicted molar refractivity (Wildman–Crippen MR) is 60.6 cm³/mol. The number of esters is 1. The van der Waals surface area contributed by atoms with Gasteiger partial charge in [-0.2, -0.15) is 0 Å². The fourth-order valence-corrected chi connectivity index (χ4v) is 1.80. The highest BCUT2D eigenvalue weighted by molar-refractivity contribution is 5.95. The van der Waals surface area contributed by atoms with Crippen molar-refractivity contribution in [2.24, 2.45) is 5.73 Å². The minimum atomic E-state index is -0.184. The second-order valence-corrected chi connectivity index (χ2v) is 3.92. The second kappa shape index (κ2) is 4.35. The monoisotopic (exact) mass is 218 g/mol. The maximum Gasteiger partial charge on any atom is 0.311 e. The first-order chi connectivity index (χ1) is 7.66. The van der Waals surface area contributed by atoms with Crippen LogP contribution in [0.25, 0.3) is 0 Å². The standard InChI is InChI=1S/C12H14N2O2/c13-12(14)9-5-6-10-8(7-9)3-1-2-4-11(15)16-10/h5-7H,1-4H2,(H3,13,14). The number of carbonyl (C=O) groups excluding carboxylic acids is 1. The van der Waals surface area contributed by atoms with Crippen molar-refractivity contribution in [3.05, 3.63) is 29.3 Å². The van der Waals surface area contributed by atoms with Gasteiger partial charge in [0.05, 0.1) is 0 Å². The topological polar surface area (TPSA) is 76.2 Å². The first kappa shape index (κ1) is 10.7. The molecule has 3 N–H and O–H groups in total. The Bertz CT molecular complexity index is 441. The molecule has 0 aromatic heterocycles. The van der Waals surface area contributed by atoms with Gasteiger partial charge in [0.15, 0.2) is 0 Å². The van der Waals surface area contributed by atoms with E-state index in [-0.39, 0.29) is 11.8 Å². The van der Waals surface area contributed by atoms with Gasteiger partial charge in [-0.1, -0.05) is 0 Å². The number of benzene rings is 1. The number of nitrogen functional groups attached to an aromatic ring is 1. The SMILES string of the molecule is N=C(N)c1ccc2c(c1)CCCCC(=O)O2. The molecule has 0 saturated heterocycles. The quantitative estimate of drug-likeness (QED) is 0.325. The lowest BCUT2D eigenvalue weighted by Crippen LogP contribution is -2.14. The average Bonchev–Trinajstić information content (AvgIpc) is 2.22. The Morgan fingerprint density at radius 3 is 2.81 bits per heavy atom. The van der Waals surface area contributed by atoms with Gasteiger partial charge in [0.2, 0.25) is 0 Å². The number of ether oxygens (including phenoxy) is 1. The Labute approximate surface area is 93.9 Å². The molecular formula is C12H14N2O2. The van der Waals surface area contributed by atoms with E-state index in [0.717, 1.165) is 24.8 Å². The third-order valence-corrected chi connectivity index (χ3v) is 2.67. The van der Waals surface area contributed by atoms with E-state index < -0.39 is 0 Å². The molecule has 0 spiro atoms. The summed E-state index contributed by atoms with van der Waals surface area (Å²) >= 11 is 0. The van der Waals surface area contributed by atoms with Gasteiger partial charge >= 0.3 is 5.97 Å². The van der Waals surface area contributed by atoms with Gasteiger partial charge in [0.1, 0.15) is 11.6 Å². The van der Waals surface area contributed by atoms with Crippen molar-refractivity contribution in [1.29, 1.82) is 5.41 Å². The lowest BCUT2D eigenvalue weighted by atomic mass is 10.0. The van der Waals surface area contributed by atoms with E-state index in [1.165, 1.54) is 0 Å². The van der Waals surface area contributed by atoms with E-state index in [4.69, 9.17) is 15.9 Å². The number of hydrogen-bond donors (Lipinski definition) is 2. The van der Waals surface area contributed by atoms with Crippen LogP contribution in [-0.4, -0.2) is 11.8 Å². The lowest BCUT2D eigenvalue weighted by Gasteiger charge is -2.14. The summed E-state index contributed by atoms with van der Waals surface area (Å²) in [5, 5.41) is 7.36. The lowest BCUT2D eigenvalue weighted by molar-refractivity contribution is -0.134. The van der Waals surface area contributed by atoms with E-state index in [1.54, 1.807) is 12.1 Å². The summed E-state index contributed by atoms with van der Waals surface area (Å²) < 4.78 is 5.22. The molecule has 0 atom stereocenters. The number of amidine groups is 1. The third-order valence-electron chi connectivity index (χ3n) is 2.67. The highest BCUT2D eigenvalue weighted by Gasteiger charge is 2.14. The molecule has 0 fully saturated rings. The van der Waals surface area contributed by atoms with Gasteiger partial charge in [0.25, 0.3) is 0 Å². The molecule has 1 aliphatic heterocycles. The Hall–Kier alpha value is -1.84. The van der Waals surface area contributed by atoms with E-state index in [1.807, 2.05) is 6.07 Å². The molecule has 0 unspecified atom stereocenters. The summed E-state index contributed by atoms with van der Waals surface area (Å²) in [6.07, 6.45) is 3.16. The smallest absolute Gasteiger partial charge is 0.311 e. The van der Waals surface area contributed by atoms with Crippen LogP contribution in [0.3, 0.4) is 0 Å². The maximum absolute atomic E-state index is 11.3. The summed E-state index contributed by atoms with van der Waals surface area (Å²) in [5.74, 6) is 0.461. The molecule has 4 heteroatoms. The summed E-state index contributed by atoms with van der Waals surface area (Å²) in [5.41, 5.74) is 7.05. The Morgan fingerprint density at radius 1 is 1.31 bits per heavy atom. The van der Waals surface area contributed by atoms with Crippen LogP contribution in [0, 0.1) is 5.41 Å².